The summed E-state index contributed by atoms with van der Waals surface area (Å²) in [4.78, 5) is 12.2. The van der Waals surface area contributed by atoms with Gasteiger partial charge in [-0.05, 0) is 36.7 Å². The molecule has 104 valence electrons. The van der Waals surface area contributed by atoms with Crippen molar-refractivity contribution in [3.63, 3.8) is 0 Å². The van der Waals surface area contributed by atoms with Crippen molar-refractivity contribution in [2.75, 3.05) is 0 Å². The molecular weight excluding hydrogens is 240 g/mol. The molecule has 19 heavy (non-hydrogen) atoms. The molecule has 2 fully saturated rings. The molecule has 0 N–H and O–H groups in total. The second kappa shape index (κ2) is 3.84. The zero-order valence-electron chi connectivity index (χ0n) is 12.1. The number of aromatic nitrogens is 2. The van der Waals surface area contributed by atoms with Gasteiger partial charge in [0, 0.05) is 18.7 Å². The molecule has 4 heteroatoms. The third-order valence-electron chi connectivity index (χ3n) is 5.99. The maximum absolute atomic E-state index is 12.2. The zero-order valence-corrected chi connectivity index (χ0v) is 12.1. The van der Waals surface area contributed by atoms with Crippen LogP contribution in [0, 0.1) is 16.7 Å². The van der Waals surface area contributed by atoms with Gasteiger partial charge in [0.1, 0.15) is 11.8 Å². The predicted octanol–water partition coefficient (Wildman–Crippen LogP) is 2.79. The van der Waals surface area contributed by atoms with E-state index in [-0.39, 0.29) is 22.9 Å². The van der Waals surface area contributed by atoms with Crippen molar-refractivity contribution >= 4 is 5.97 Å². The van der Waals surface area contributed by atoms with E-state index in [2.05, 4.69) is 25.9 Å². The van der Waals surface area contributed by atoms with E-state index in [1.54, 1.807) is 24.0 Å². The van der Waals surface area contributed by atoms with E-state index in [0.29, 0.717) is 11.6 Å². The van der Waals surface area contributed by atoms with E-state index in [1.807, 2.05) is 0 Å². The fourth-order valence-corrected chi connectivity index (χ4v) is 4.07. The van der Waals surface area contributed by atoms with Crippen LogP contribution in [0.1, 0.15) is 50.5 Å². The molecule has 2 aliphatic carbocycles. The highest BCUT2D eigenvalue weighted by Crippen LogP contribution is 2.66. The second-order valence-corrected chi connectivity index (χ2v) is 6.84. The van der Waals surface area contributed by atoms with Crippen LogP contribution < -0.4 is 0 Å². The number of esters is 1. The van der Waals surface area contributed by atoms with Gasteiger partial charge >= 0.3 is 5.97 Å². The van der Waals surface area contributed by atoms with Gasteiger partial charge in [-0.1, -0.05) is 20.8 Å². The van der Waals surface area contributed by atoms with Gasteiger partial charge in [-0.15, -0.1) is 0 Å². The molecule has 3 unspecified atom stereocenters. The largest absolute Gasteiger partial charge is 0.457 e. The number of nitrogens with zero attached hydrogens (tertiary/aromatic N) is 2. The molecule has 2 bridgehead atoms. The summed E-state index contributed by atoms with van der Waals surface area (Å²) in [5.74, 6) is 0.441. The number of rotatable bonds is 2. The summed E-state index contributed by atoms with van der Waals surface area (Å²) < 4.78 is 7.38. The fraction of sp³-hybridized carbons (Fsp3) is 0.733. The van der Waals surface area contributed by atoms with Gasteiger partial charge in [0.25, 0.3) is 0 Å². The summed E-state index contributed by atoms with van der Waals surface area (Å²) >= 11 is 0. The van der Waals surface area contributed by atoms with Gasteiger partial charge in [-0.25, -0.2) is 4.79 Å². The molecule has 0 amide bonds. The van der Waals surface area contributed by atoms with Crippen molar-refractivity contribution < 1.29 is 9.53 Å². The number of ether oxygens (including phenoxy) is 1. The van der Waals surface area contributed by atoms with Crippen molar-refractivity contribution in [3.8, 4) is 0 Å². The molecule has 0 aliphatic heterocycles. The van der Waals surface area contributed by atoms with Crippen LogP contribution >= 0.6 is 0 Å². The highest BCUT2D eigenvalue weighted by molar-refractivity contribution is 5.87. The third-order valence-corrected chi connectivity index (χ3v) is 5.99. The molecule has 3 atom stereocenters. The van der Waals surface area contributed by atoms with Crippen LogP contribution in [-0.2, 0) is 11.8 Å². The van der Waals surface area contributed by atoms with Gasteiger partial charge in [-0.2, -0.15) is 5.10 Å². The Kier molecular flexibility index (Phi) is 2.57. The van der Waals surface area contributed by atoms with Crippen LogP contribution in [0.25, 0.3) is 0 Å². The van der Waals surface area contributed by atoms with Crippen LogP contribution in [0.3, 0.4) is 0 Å². The Balaban J connectivity index is 1.79. The lowest BCUT2D eigenvalue weighted by atomic mass is 9.70. The first-order valence-electron chi connectivity index (χ1n) is 7.05. The Labute approximate surface area is 114 Å². The van der Waals surface area contributed by atoms with Gasteiger partial charge in [0.15, 0.2) is 0 Å². The third kappa shape index (κ3) is 1.58. The lowest BCUT2D eigenvalue weighted by Crippen LogP contribution is -2.38. The molecule has 4 nitrogen and oxygen atoms in total. The van der Waals surface area contributed by atoms with Crippen molar-refractivity contribution in [3.05, 3.63) is 18.0 Å². The number of fused-ring (bicyclic) bond motifs is 2. The molecule has 1 aromatic heterocycles. The van der Waals surface area contributed by atoms with Crippen LogP contribution in [0.5, 0.6) is 0 Å². The topological polar surface area (TPSA) is 44.1 Å². The van der Waals surface area contributed by atoms with Gasteiger partial charge < -0.3 is 4.74 Å². The first-order valence-corrected chi connectivity index (χ1v) is 7.05. The maximum Gasteiger partial charge on any atom is 0.356 e. The lowest BCUT2D eigenvalue weighted by molar-refractivity contribution is -0.0250. The summed E-state index contributed by atoms with van der Waals surface area (Å²) in [5.41, 5.74) is 0.917. The van der Waals surface area contributed by atoms with Gasteiger partial charge in [-0.3, -0.25) is 4.68 Å². The quantitative estimate of drug-likeness (QED) is 0.770. The Bertz CT molecular complexity index is 520. The molecular formula is C15H22N2O2. The molecule has 1 aromatic rings. The SMILES string of the molecule is Cn1nccc1C(=O)OC1CC2CCC1(C)C2(C)C. The second-order valence-electron chi connectivity index (χ2n) is 6.84. The number of aryl methyl sites for hydroxylation is 1. The van der Waals surface area contributed by atoms with E-state index in [1.165, 1.54) is 6.42 Å². The average molecular weight is 262 g/mol. The molecule has 0 aromatic carbocycles. The van der Waals surface area contributed by atoms with Crippen LogP contribution in [0.4, 0.5) is 0 Å². The molecule has 2 saturated carbocycles. The highest BCUT2D eigenvalue weighted by Gasteiger charge is 2.62. The highest BCUT2D eigenvalue weighted by atomic mass is 16.5. The molecule has 3 rings (SSSR count). The average Bonchev–Trinajstić information content (AvgIpc) is 2.90. The van der Waals surface area contributed by atoms with Crippen molar-refractivity contribution in [1.29, 1.82) is 0 Å². The van der Waals surface area contributed by atoms with Crippen molar-refractivity contribution in [2.45, 2.75) is 46.1 Å². The Morgan fingerprint density at radius 2 is 2.21 bits per heavy atom. The number of hydrogen-bond donors (Lipinski definition) is 0. The van der Waals surface area contributed by atoms with Crippen LogP contribution in [0.15, 0.2) is 12.3 Å². The van der Waals surface area contributed by atoms with E-state index in [0.717, 1.165) is 12.8 Å². The minimum absolute atomic E-state index is 0.0450. The molecule has 0 radical (unpaired) electrons. The smallest absolute Gasteiger partial charge is 0.356 e. The number of hydrogen-bond acceptors (Lipinski definition) is 3. The van der Waals surface area contributed by atoms with Gasteiger partial charge in [0.05, 0.1) is 0 Å². The summed E-state index contributed by atoms with van der Waals surface area (Å²) in [7, 11) is 1.77. The number of carbonyl (C=O) groups excluding carboxylic acids is 1. The maximum atomic E-state index is 12.2. The minimum atomic E-state index is -0.241. The summed E-state index contributed by atoms with van der Waals surface area (Å²) in [6.45, 7) is 6.92. The molecule has 0 spiro atoms. The summed E-state index contributed by atoms with van der Waals surface area (Å²) in [6, 6.07) is 1.71. The first-order chi connectivity index (χ1) is 8.86. The van der Waals surface area contributed by atoms with E-state index < -0.39 is 0 Å². The Hall–Kier alpha value is -1.32. The Morgan fingerprint density at radius 1 is 1.47 bits per heavy atom. The van der Waals surface area contributed by atoms with Crippen molar-refractivity contribution in [1.82, 2.24) is 9.78 Å². The van der Waals surface area contributed by atoms with Crippen molar-refractivity contribution in [2.24, 2.45) is 23.8 Å². The first kappa shape index (κ1) is 12.7. The standard InChI is InChI=1S/C15H22N2O2/c1-14(2)10-5-7-15(14,3)12(9-10)19-13(18)11-6-8-16-17(11)4/h6,8,10,12H,5,7,9H2,1-4H3. The van der Waals surface area contributed by atoms with E-state index >= 15 is 0 Å². The normalized spacial score (nSPS) is 35.6. The van der Waals surface area contributed by atoms with Gasteiger partial charge in [0.2, 0.25) is 0 Å². The zero-order chi connectivity index (χ0) is 13.8. The fourth-order valence-electron chi connectivity index (χ4n) is 4.07. The number of carbonyl (C=O) groups is 1. The predicted molar refractivity (Wildman–Crippen MR) is 71.6 cm³/mol. The molecule has 2 aliphatic rings. The molecule has 1 heterocycles. The van der Waals surface area contributed by atoms with E-state index in [9.17, 15) is 4.79 Å². The van der Waals surface area contributed by atoms with Crippen LogP contribution in [-0.4, -0.2) is 21.9 Å². The molecule has 0 saturated heterocycles. The summed E-state index contributed by atoms with van der Waals surface area (Å²) in [6.07, 6.45) is 5.11. The van der Waals surface area contributed by atoms with E-state index in [4.69, 9.17) is 4.74 Å². The summed E-state index contributed by atoms with van der Waals surface area (Å²) in [5, 5.41) is 4.02. The minimum Gasteiger partial charge on any atom is -0.457 e. The monoisotopic (exact) mass is 262 g/mol. The van der Waals surface area contributed by atoms with Crippen LogP contribution in [0.2, 0.25) is 0 Å². The Morgan fingerprint density at radius 3 is 2.68 bits per heavy atom. The lowest BCUT2D eigenvalue weighted by Gasteiger charge is -2.38.